The molecule has 146 valence electrons. The van der Waals surface area contributed by atoms with E-state index in [4.69, 9.17) is 9.47 Å². The number of unbranched alkanes of at least 4 members (excludes halogenated alkanes) is 6. The van der Waals surface area contributed by atoms with E-state index in [1.54, 1.807) is 0 Å². The molecule has 0 N–H and O–H groups in total. The number of esters is 2. The van der Waals surface area contributed by atoms with Crippen molar-refractivity contribution in [2.45, 2.75) is 77.7 Å². The highest BCUT2D eigenvalue weighted by molar-refractivity contribution is 5.77. The summed E-state index contributed by atoms with van der Waals surface area (Å²) < 4.78 is 12.4. The lowest BCUT2D eigenvalue weighted by Crippen LogP contribution is -2.32. The minimum Gasteiger partial charge on any atom is -0.466 e. The summed E-state index contributed by atoms with van der Waals surface area (Å²) in [5.41, 5.74) is 0. The lowest BCUT2D eigenvalue weighted by molar-refractivity contribution is -0.697. The molecule has 1 rings (SSSR count). The Balaban J connectivity index is 1.89. The Labute approximate surface area is 157 Å². The van der Waals surface area contributed by atoms with Crippen molar-refractivity contribution in [3.8, 4) is 0 Å². The minimum absolute atomic E-state index is 0.110. The van der Waals surface area contributed by atoms with Crippen LogP contribution in [-0.2, 0) is 25.6 Å². The molecule has 0 saturated heterocycles. The number of aromatic nitrogens is 1. The van der Waals surface area contributed by atoms with E-state index in [2.05, 4.69) is 23.9 Å². The van der Waals surface area contributed by atoms with Crippen LogP contribution in [0.3, 0.4) is 0 Å². The number of aryl methyl sites for hydroxylation is 1. The molecule has 0 aliphatic rings. The number of hydrogen-bond acceptors (Lipinski definition) is 4. The molecule has 0 amide bonds. The van der Waals surface area contributed by atoms with Gasteiger partial charge in [-0.25, -0.2) is 4.57 Å². The van der Waals surface area contributed by atoms with Crippen molar-refractivity contribution < 1.29 is 23.6 Å². The third-order valence-corrected chi connectivity index (χ3v) is 4.15. The zero-order chi connectivity index (χ0) is 18.9. The van der Waals surface area contributed by atoms with Gasteiger partial charge < -0.3 is 9.47 Å². The molecule has 0 spiro atoms. The van der Waals surface area contributed by atoms with E-state index in [-0.39, 0.29) is 24.8 Å². The van der Waals surface area contributed by atoms with Crippen molar-refractivity contribution in [2.24, 2.45) is 0 Å². The van der Waals surface area contributed by atoms with Gasteiger partial charge in [-0.1, -0.05) is 32.3 Å². The molecule has 0 aromatic carbocycles. The van der Waals surface area contributed by atoms with E-state index in [9.17, 15) is 9.59 Å². The fourth-order valence-corrected chi connectivity index (χ4v) is 2.58. The lowest BCUT2D eigenvalue weighted by atomic mass is 10.2. The first kappa shape index (κ1) is 22.1. The van der Waals surface area contributed by atoms with Gasteiger partial charge in [-0.3, -0.25) is 9.59 Å². The fraction of sp³-hybridized carbons (Fsp3) is 0.667. The number of rotatable bonds is 15. The van der Waals surface area contributed by atoms with E-state index in [0.29, 0.717) is 13.2 Å². The van der Waals surface area contributed by atoms with Gasteiger partial charge in [0.25, 0.3) is 0 Å². The smallest absolute Gasteiger partial charge is 0.306 e. The Morgan fingerprint density at radius 3 is 1.85 bits per heavy atom. The zero-order valence-electron chi connectivity index (χ0n) is 16.2. The van der Waals surface area contributed by atoms with Crippen LogP contribution in [0.5, 0.6) is 0 Å². The monoisotopic (exact) mass is 364 g/mol. The lowest BCUT2D eigenvalue weighted by Gasteiger charge is -2.06. The Morgan fingerprint density at radius 1 is 0.731 bits per heavy atom. The second-order valence-corrected chi connectivity index (χ2v) is 6.53. The van der Waals surface area contributed by atoms with Gasteiger partial charge in [-0.2, -0.15) is 0 Å². The number of carbonyl (C=O) groups excluding carboxylic acids is 2. The number of nitrogens with zero attached hydrogens (tertiary/aromatic N) is 1. The van der Waals surface area contributed by atoms with E-state index < -0.39 is 0 Å². The maximum Gasteiger partial charge on any atom is 0.306 e. The summed E-state index contributed by atoms with van der Waals surface area (Å²) in [6.07, 6.45) is 12.8. The predicted octanol–water partition coefficient (Wildman–Crippen LogP) is 3.98. The van der Waals surface area contributed by atoms with Gasteiger partial charge in [0.05, 0.1) is 26.1 Å². The summed E-state index contributed by atoms with van der Waals surface area (Å²) in [6.45, 7) is 4.04. The second-order valence-electron chi connectivity index (χ2n) is 6.53. The van der Waals surface area contributed by atoms with E-state index in [1.165, 1.54) is 0 Å². The Morgan fingerprint density at radius 2 is 1.27 bits per heavy atom. The number of carbonyl (C=O) groups is 2. The van der Waals surface area contributed by atoms with Crippen molar-refractivity contribution in [1.82, 2.24) is 0 Å². The Bertz CT molecular complexity index is 490. The third-order valence-electron chi connectivity index (χ3n) is 4.15. The molecule has 5 heteroatoms. The van der Waals surface area contributed by atoms with Crippen LogP contribution < -0.4 is 4.57 Å². The van der Waals surface area contributed by atoms with Gasteiger partial charge in [-0.15, -0.1) is 0 Å². The van der Waals surface area contributed by atoms with Crippen LogP contribution in [0.4, 0.5) is 0 Å². The van der Waals surface area contributed by atoms with Crippen molar-refractivity contribution in [2.75, 3.05) is 13.2 Å². The maximum absolute atomic E-state index is 11.6. The molecular formula is C21H34NO4+. The molecule has 1 aromatic rings. The third kappa shape index (κ3) is 12.5. The summed E-state index contributed by atoms with van der Waals surface area (Å²) in [6, 6.07) is 6.07. The molecule has 0 aliphatic heterocycles. The standard InChI is InChI=1S/C21H34NO4/c1-2-3-4-11-18-25-20(23)13-14-21(24)26-19-12-6-5-8-15-22-16-9-7-10-17-22/h7,9-10,16-17H,2-6,8,11-15,18-19H2,1H3/q+1. The van der Waals surface area contributed by atoms with Gasteiger partial charge in [0, 0.05) is 18.6 Å². The molecule has 0 radical (unpaired) electrons. The van der Waals surface area contributed by atoms with Gasteiger partial charge in [0.15, 0.2) is 12.4 Å². The SMILES string of the molecule is CCCCCCOC(=O)CCC(=O)OCCCCCC[n+]1ccccc1. The molecule has 0 unspecified atom stereocenters. The van der Waals surface area contributed by atoms with Crippen molar-refractivity contribution >= 4 is 11.9 Å². The summed E-state index contributed by atoms with van der Waals surface area (Å²) in [5.74, 6) is -0.621. The number of pyridine rings is 1. The van der Waals surface area contributed by atoms with E-state index in [0.717, 1.165) is 57.9 Å². The van der Waals surface area contributed by atoms with Crippen LogP contribution in [0.1, 0.15) is 71.1 Å². The molecule has 0 fully saturated rings. The normalized spacial score (nSPS) is 10.5. The van der Waals surface area contributed by atoms with Crippen LogP contribution in [0, 0.1) is 0 Å². The maximum atomic E-state index is 11.6. The summed E-state index contributed by atoms with van der Waals surface area (Å²) in [5, 5.41) is 0. The van der Waals surface area contributed by atoms with Gasteiger partial charge in [0.2, 0.25) is 0 Å². The fourth-order valence-electron chi connectivity index (χ4n) is 2.58. The number of ether oxygens (including phenoxy) is 2. The molecule has 0 aliphatic carbocycles. The first-order valence-corrected chi connectivity index (χ1v) is 9.97. The van der Waals surface area contributed by atoms with Crippen LogP contribution >= 0.6 is 0 Å². The molecule has 26 heavy (non-hydrogen) atoms. The van der Waals surface area contributed by atoms with Crippen LogP contribution in [0.25, 0.3) is 0 Å². The molecule has 1 aromatic heterocycles. The van der Waals surface area contributed by atoms with Crippen molar-refractivity contribution in [3.63, 3.8) is 0 Å². The predicted molar refractivity (Wildman–Crippen MR) is 100 cm³/mol. The van der Waals surface area contributed by atoms with E-state index >= 15 is 0 Å². The number of hydrogen-bond donors (Lipinski definition) is 0. The Hall–Kier alpha value is -1.91. The van der Waals surface area contributed by atoms with Crippen LogP contribution in [0.2, 0.25) is 0 Å². The van der Waals surface area contributed by atoms with Gasteiger partial charge in [0.1, 0.15) is 6.54 Å². The molecule has 5 nitrogen and oxygen atoms in total. The summed E-state index contributed by atoms with van der Waals surface area (Å²) in [7, 11) is 0. The Kier molecular flexibility index (Phi) is 13.1. The van der Waals surface area contributed by atoms with Gasteiger partial charge in [-0.05, 0) is 25.7 Å². The quantitative estimate of drug-likeness (QED) is 0.268. The molecule has 1 heterocycles. The summed E-state index contributed by atoms with van der Waals surface area (Å²) >= 11 is 0. The highest BCUT2D eigenvalue weighted by atomic mass is 16.5. The minimum atomic E-state index is -0.312. The first-order valence-electron chi connectivity index (χ1n) is 9.97. The van der Waals surface area contributed by atoms with Gasteiger partial charge >= 0.3 is 11.9 Å². The summed E-state index contributed by atoms with van der Waals surface area (Å²) in [4.78, 5) is 23.1. The topological polar surface area (TPSA) is 56.5 Å². The average Bonchev–Trinajstić information content (AvgIpc) is 2.66. The molecule has 0 saturated carbocycles. The molecule has 0 atom stereocenters. The van der Waals surface area contributed by atoms with E-state index in [1.807, 2.05) is 18.2 Å². The zero-order valence-corrected chi connectivity index (χ0v) is 16.2. The van der Waals surface area contributed by atoms with Crippen molar-refractivity contribution in [3.05, 3.63) is 30.6 Å². The average molecular weight is 365 g/mol. The largest absolute Gasteiger partial charge is 0.466 e. The first-order chi connectivity index (χ1) is 12.7. The highest BCUT2D eigenvalue weighted by Crippen LogP contribution is 2.03. The van der Waals surface area contributed by atoms with Crippen LogP contribution in [-0.4, -0.2) is 25.2 Å². The molecule has 0 bridgehead atoms. The molecular weight excluding hydrogens is 330 g/mol. The van der Waals surface area contributed by atoms with Crippen molar-refractivity contribution in [1.29, 1.82) is 0 Å². The second kappa shape index (κ2) is 15.4. The highest BCUT2D eigenvalue weighted by Gasteiger charge is 2.09. The van der Waals surface area contributed by atoms with Crippen LogP contribution in [0.15, 0.2) is 30.6 Å².